The number of carbonyl (C=O) groups excluding carboxylic acids is 2. The Hall–Kier alpha value is -2.19. The zero-order valence-corrected chi connectivity index (χ0v) is 14.1. The molecule has 0 radical (unpaired) electrons. The van der Waals surface area contributed by atoms with Gasteiger partial charge < -0.3 is 9.47 Å². The molecule has 0 saturated carbocycles. The Morgan fingerprint density at radius 1 is 1.22 bits per heavy atom. The molecule has 0 atom stereocenters. The Labute approximate surface area is 141 Å². The van der Waals surface area contributed by atoms with Gasteiger partial charge in [0.1, 0.15) is 0 Å². The maximum atomic E-state index is 12.1. The average Bonchev–Trinajstić information content (AvgIpc) is 2.60. The van der Waals surface area contributed by atoms with E-state index in [0.717, 1.165) is 4.90 Å². The lowest BCUT2D eigenvalue weighted by Crippen LogP contribution is -2.41. The first kappa shape index (κ1) is 18.9. The Bertz CT molecular complexity index is 571. The lowest BCUT2D eigenvalue weighted by atomic mass is 9.80. The molecule has 0 heterocycles. The first-order valence-electron chi connectivity index (χ1n) is 7.07. The van der Waals surface area contributed by atoms with Gasteiger partial charge in [0.15, 0.2) is 5.41 Å². The van der Waals surface area contributed by atoms with Gasteiger partial charge in [-0.05, 0) is 30.4 Å². The van der Waals surface area contributed by atoms with Crippen LogP contribution in [0.2, 0.25) is 0 Å². The highest BCUT2D eigenvalue weighted by Crippen LogP contribution is 2.32. The third-order valence-electron chi connectivity index (χ3n) is 3.34. The van der Waals surface area contributed by atoms with E-state index >= 15 is 0 Å². The normalized spacial score (nSPS) is 11.0. The molecule has 0 fully saturated rings. The van der Waals surface area contributed by atoms with E-state index in [1.165, 1.54) is 14.2 Å². The van der Waals surface area contributed by atoms with Crippen molar-refractivity contribution in [2.75, 3.05) is 14.2 Å². The van der Waals surface area contributed by atoms with Gasteiger partial charge in [-0.3, -0.25) is 9.59 Å². The topological polar surface area (TPSA) is 52.6 Å². The molecule has 1 rings (SSSR count). The van der Waals surface area contributed by atoms with Crippen molar-refractivity contribution in [1.82, 2.24) is 0 Å². The van der Waals surface area contributed by atoms with Crippen LogP contribution >= 0.6 is 11.8 Å². The molecule has 0 N–H and O–H groups in total. The molecule has 23 heavy (non-hydrogen) atoms. The fourth-order valence-electron chi connectivity index (χ4n) is 2.11. The lowest BCUT2D eigenvalue weighted by molar-refractivity contribution is -0.169. The van der Waals surface area contributed by atoms with Crippen LogP contribution in [0.4, 0.5) is 0 Å². The van der Waals surface area contributed by atoms with Gasteiger partial charge in [-0.15, -0.1) is 12.3 Å². The number of ether oxygens (including phenoxy) is 2. The summed E-state index contributed by atoms with van der Waals surface area (Å²) < 4.78 is 9.51. The van der Waals surface area contributed by atoms with Gasteiger partial charge in [-0.25, -0.2) is 0 Å². The lowest BCUT2D eigenvalue weighted by Gasteiger charge is -2.25. The van der Waals surface area contributed by atoms with Crippen LogP contribution in [0.3, 0.4) is 0 Å². The molecule has 1 aromatic carbocycles. The zero-order chi connectivity index (χ0) is 17.1. The van der Waals surface area contributed by atoms with Crippen molar-refractivity contribution in [3.63, 3.8) is 0 Å². The molecule has 0 bridgehead atoms. The predicted octanol–water partition coefficient (Wildman–Crippen LogP) is 3.43. The van der Waals surface area contributed by atoms with E-state index in [9.17, 15) is 9.59 Å². The number of hydrogen-bond acceptors (Lipinski definition) is 5. The molecule has 0 amide bonds. The summed E-state index contributed by atoms with van der Waals surface area (Å²) in [6, 6.07) is 9.88. The highest BCUT2D eigenvalue weighted by molar-refractivity contribution is 8.02. The number of methoxy groups -OCH3 is 2. The Morgan fingerprint density at radius 3 is 2.35 bits per heavy atom. The summed E-state index contributed by atoms with van der Waals surface area (Å²) in [5.41, 5.74) is -1.44. The molecule has 4 nitrogen and oxygen atoms in total. The van der Waals surface area contributed by atoms with Crippen molar-refractivity contribution in [3.05, 3.63) is 41.8 Å². The molecule has 122 valence electrons. The van der Waals surface area contributed by atoms with E-state index in [4.69, 9.17) is 15.9 Å². The van der Waals surface area contributed by atoms with Crippen molar-refractivity contribution in [2.45, 2.75) is 24.2 Å². The Balaban J connectivity index is 2.72. The molecular weight excluding hydrogens is 312 g/mol. The summed E-state index contributed by atoms with van der Waals surface area (Å²) in [5.74, 6) is 1.05. The summed E-state index contributed by atoms with van der Waals surface area (Å²) in [7, 11) is 2.47. The van der Waals surface area contributed by atoms with Crippen molar-refractivity contribution >= 4 is 23.7 Å². The molecule has 1 aromatic rings. The highest BCUT2D eigenvalue weighted by Gasteiger charge is 2.47. The number of benzene rings is 1. The summed E-state index contributed by atoms with van der Waals surface area (Å²) in [6.07, 6.45) is 7.91. The van der Waals surface area contributed by atoms with Crippen LogP contribution in [0.15, 0.2) is 46.7 Å². The number of hydrogen-bond donors (Lipinski definition) is 0. The summed E-state index contributed by atoms with van der Waals surface area (Å²) >= 11 is 1.56. The summed E-state index contributed by atoms with van der Waals surface area (Å²) in [5, 5.41) is 1.92. The Kier molecular flexibility index (Phi) is 8.00. The number of rotatable bonds is 8. The number of thioether (sulfide) groups is 1. The van der Waals surface area contributed by atoms with Crippen LogP contribution in [0.5, 0.6) is 0 Å². The van der Waals surface area contributed by atoms with Gasteiger partial charge >= 0.3 is 11.9 Å². The van der Waals surface area contributed by atoms with Gasteiger partial charge in [0.2, 0.25) is 0 Å². The largest absolute Gasteiger partial charge is 0.468 e. The minimum absolute atomic E-state index is 0.0496. The molecule has 0 unspecified atom stereocenters. The van der Waals surface area contributed by atoms with Crippen molar-refractivity contribution in [3.8, 4) is 12.3 Å². The second-order valence-electron chi connectivity index (χ2n) is 4.79. The number of terminal acetylenes is 1. The van der Waals surface area contributed by atoms with Gasteiger partial charge in [-0.2, -0.15) is 0 Å². The maximum Gasteiger partial charge on any atom is 0.324 e. The molecule has 0 aliphatic carbocycles. The quantitative estimate of drug-likeness (QED) is 0.316. The summed E-state index contributed by atoms with van der Waals surface area (Å²) in [6.45, 7) is 0. The van der Waals surface area contributed by atoms with Gasteiger partial charge in [-0.1, -0.05) is 36.0 Å². The van der Waals surface area contributed by atoms with Crippen LogP contribution in [0, 0.1) is 17.8 Å². The molecular formula is C18H20O4S. The number of carbonyl (C=O) groups is 2. The molecule has 0 aliphatic heterocycles. The van der Waals surface area contributed by atoms with E-state index in [1.54, 1.807) is 11.8 Å². The molecule has 0 aliphatic rings. The average molecular weight is 332 g/mol. The Morgan fingerprint density at radius 2 is 1.83 bits per heavy atom. The molecule has 0 saturated heterocycles. The first-order valence-corrected chi connectivity index (χ1v) is 7.95. The van der Waals surface area contributed by atoms with E-state index in [-0.39, 0.29) is 12.8 Å². The van der Waals surface area contributed by atoms with Crippen LogP contribution in [-0.4, -0.2) is 26.2 Å². The molecule has 5 heteroatoms. The predicted molar refractivity (Wildman–Crippen MR) is 90.6 cm³/mol. The van der Waals surface area contributed by atoms with Crippen LogP contribution in [0.25, 0.3) is 0 Å². The van der Waals surface area contributed by atoms with Crippen molar-refractivity contribution in [1.29, 1.82) is 0 Å². The number of allylic oxidation sites excluding steroid dienone is 1. The van der Waals surface area contributed by atoms with Crippen molar-refractivity contribution in [2.24, 2.45) is 5.41 Å². The highest BCUT2D eigenvalue weighted by atomic mass is 32.2. The first-order chi connectivity index (χ1) is 11.1. The minimum atomic E-state index is -1.44. The molecule has 0 spiro atoms. The fourth-order valence-corrected chi connectivity index (χ4v) is 2.81. The van der Waals surface area contributed by atoms with E-state index < -0.39 is 17.4 Å². The fraction of sp³-hybridized carbons (Fsp3) is 0.333. The van der Waals surface area contributed by atoms with E-state index in [2.05, 4.69) is 5.92 Å². The van der Waals surface area contributed by atoms with Gasteiger partial charge in [0.05, 0.1) is 14.2 Å². The number of esters is 2. The van der Waals surface area contributed by atoms with Crippen LogP contribution < -0.4 is 0 Å². The minimum Gasteiger partial charge on any atom is -0.468 e. The van der Waals surface area contributed by atoms with Gasteiger partial charge in [0.25, 0.3) is 0 Å². The van der Waals surface area contributed by atoms with E-state index in [0.29, 0.717) is 6.42 Å². The van der Waals surface area contributed by atoms with Crippen LogP contribution in [-0.2, 0) is 19.1 Å². The third kappa shape index (κ3) is 5.19. The van der Waals surface area contributed by atoms with Crippen LogP contribution in [0.1, 0.15) is 19.3 Å². The summed E-state index contributed by atoms with van der Waals surface area (Å²) in [4.78, 5) is 25.2. The standard InChI is InChI=1S/C18H20O4S/c1-4-12-18(16(19)21-2,17(20)22-3)13-8-9-14-23-15-10-6-5-7-11-15/h1,5-7,9-11,14H,8,12-13H2,2-3H3/b14-9+. The van der Waals surface area contributed by atoms with Gasteiger partial charge in [0, 0.05) is 11.3 Å². The zero-order valence-electron chi connectivity index (χ0n) is 13.3. The second kappa shape index (κ2) is 9.75. The second-order valence-corrected chi connectivity index (χ2v) is 5.77. The SMILES string of the molecule is C#CCC(CC/C=C/Sc1ccccc1)(C(=O)OC)C(=O)OC. The monoisotopic (exact) mass is 332 g/mol. The smallest absolute Gasteiger partial charge is 0.324 e. The maximum absolute atomic E-state index is 12.1. The molecule has 0 aromatic heterocycles. The van der Waals surface area contributed by atoms with Crippen molar-refractivity contribution < 1.29 is 19.1 Å². The van der Waals surface area contributed by atoms with E-state index in [1.807, 2.05) is 41.8 Å². The third-order valence-corrected chi connectivity index (χ3v) is 4.21.